The molecule has 0 amide bonds. The van der Waals surface area contributed by atoms with Gasteiger partial charge in [0.25, 0.3) is 0 Å². The van der Waals surface area contributed by atoms with E-state index in [0.29, 0.717) is 6.54 Å². The summed E-state index contributed by atoms with van der Waals surface area (Å²) in [6.45, 7) is 5.00. The second-order valence-corrected chi connectivity index (χ2v) is 5.27. The summed E-state index contributed by atoms with van der Waals surface area (Å²) in [5.74, 6) is 1.63. The van der Waals surface area contributed by atoms with Gasteiger partial charge < -0.3 is 20.1 Å². The van der Waals surface area contributed by atoms with Gasteiger partial charge in [0.2, 0.25) is 0 Å². The van der Waals surface area contributed by atoms with E-state index in [9.17, 15) is 0 Å². The van der Waals surface area contributed by atoms with Crippen LogP contribution in [-0.4, -0.2) is 39.9 Å². The van der Waals surface area contributed by atoms with Crippen molar-refractivity contribution >= 4 is 21.9 Å². The quantitative estimate of drug-likeness (QED) is 0.426. The van der Waals surface area contributed by atoms with Crippen molar-refractivity contribution in [1.82, 2.24) is 10.6 Å². The van der Waals surface area contributed by atoms with Gasteiger partial charge >= 0.3 is 0 Å². The Morgan fingerprint density at radius 2 is 2.14 bits per heavy atom. The number of nitrogens with zero attached hydrogens (tertiary/aromatic N) is 1. The highest BCUT2D eigenvalue weighted by Crippen LogP contribution is 2.22. The molecule has 0 bridgehead atoms. The minimum absolute atomic E-state index is 0.647. The lowest BCUT2D eigenvalue weighted by Gasteiger charge is -2.14. The van der Waals surface area contributed by atoms with Crippen LogP contribution in [0.1, 0.15) is 18.9 Å². The number of benzene rings is 1. The normalized spacial score (nSPS) is 11.3. The van der Waals surface area contributed by atoms with Crippen molar-refractivity contribution in [3.8, 4) is 5.75 Å². The van der Waals surface area contributed by atoms with Gasteiger partial charge in [0.15, 0.2) is 5.96 Å². The van der Waals surface area contributed by atoms with Crippen LogP contribution in [0.25, 0.3) is 0 Å². The molecule has 2 N–H and O–H groups in total. The highest BCUT2D eigenvalue weighted by atomic mass is 79.9. The average Bonchev–Trinajstić information content (AvgIpc) is 2.50. The molecule has 0 aliphatic heterocycles. The third-order valence-electron chi connectivity index (χ3n) is 2.87. The van der Waals surface area contributed by atoms with E-state index >= 15 is 0 Å². The molecule has 0 radical (unpaired) electrons. The van der Waals surface area contributed by atoms with E-state index in [1.54, 1.807) is 14.2 Å². The second-order valence-electron chi connectivity index (χ2n) is 4.36. The molecule has 0 saturated carbocycles. The summed E-state index contributed by atoms with van der Waals surface area (Å²) in [6.07, 6.45) is 0.953. The van der Waals surface area contributed by atoms with E-state index in [4.69, 9.17) is 9.47 Å². The zero-order chi connectivity index (χ0) is 15.5. The van der Waals surface area contributed by atoms with Gasteiger partial charge in [0, 0.05) is 43.4 Å². The van der Waals surface area contributed by atoms with Gasteiger partial charge in [-0.05, 0) is 31.5 Å². The van der Waals surface area contributed by atoms with E-state index in [1.807, 2.05) is 25.1 Å². The molecule has 0 saturated heterocycles. The van der Waals surface area contributed by atoms with Crippen molar-refractivity contribution in [3.05, 3.63) is 28.2 Å². The lowest BCUT2D eigenvalue weighted by atomic mass is 10.2. The van der Waals surface area contributed by atoms with Crippen molar-refractivity contribution in [3.63, 3.8) is 0 Å². The lowest BCUT2D eigenvalue weighted by molar-refractivity contribution is 0.145. The summed E-state index contributed by atoms with van der Waals surface area (Å²) in [5.41, 5.74) is 1.07. The number of methoxy groups -OCH3 is 1. The maximum absolute atomic E-state index is 5.35. The third-order valence-corrected chi connectivity index (χ3v) is 3.37. The van der Waals surface area contributed by atoms with E-state index in [2.05, 4.69) is 31.6 Å². The maximum Gasteiger partial charge on any atom is 0.191 e. The molecule has 0 fully saturated rings. The van der Waals surface area contributed by atoms with E-state index < -0.39 is 0 Å². The summed E-state index contributed by atoms with van der Waals surface area (Å²) >= 11 is 3.47. The molecule has 0 unspecified atom stereocenters. The molecule has 0 atom stereocenters. The molecule has 6 heteroatoms. The number of halogens is 1. The van der Waals surface area contributed by atoms with Crippen LogP contribution in [-0.2, 0) is 11.3 Å². The summed E-state index contributed by atoms with van der Waals surface area (Å²) < 4.78 is 11.7. The largest absolute Gasteiger partial charge is 0.496 e. The number of hydrogen-bond donors (Lipinski definition) is 2. The SMILES string of the molecule is CCOCCCNC(=NC)NCc1cc(Br)ccc1OC. The van der Waals surface area contributed by atoms with Gasteiger partial charge in [0.05, 0.1) is 7.11 Å². The monoisotopic (exact) mass is 357 g/mol. The van der Waals surface area contributed by atoms with Gasteiger partial charge in [-0.3, -0.25) is 4.99 Å². The van der Waals surface area contributed by atoms with Gasteiger partial charge in [0.1, 0.15) is 5.75 Å². The summed E-state index contributed by atoms with van der Waals surface area (Å²) in [4.78, 5) is 4.20. The Balaban J connectivity index is 2.43. The van der Waals surface area contributed by atoms with Crippen molar-refractivity contribution in [2.24, 2.45) is 4.99 Å². The Bertz CT molecular complexity index is 453. The zero-order valence-corrected chi connectivity index (χ0v) is 14.5. The van der Waals surface area contributed by atoms with Crippen molar-refractivity contribution in [2.75, 3.05) is 33.9 Å². The summed E-state index contributed by atoms with van der Waals surface area (Å²) in [7, 11) is 3.43. The first-order valence-electron chi connectivity index (χ1n) is 7.06. The van der Waals surface area contributed by atoms with E-state index in [-0.39, 0.29) is 0 Å². The van der Waals surface area contributed by atoms with Crippen LogP contribution in [0.4, 0.5) is 0 Å². The molecule has 0 heterocycles. The molecule has 21 heavy (non-hydrogen) atoms. The number of ether oxygens (including phenoxy) is 2. The Morgan fingerprint density at radius 1 is 1.33 bits per heavy atom. The Kier molecular flexibility index (Phi) is 8.85. The van der Waals surface area contributed by atoms with Crippen LogP contribution < -0.4 is 15.4 Å². The van der Waals surface area contributed by atoms with Gasteiger partial charge in [-0.2, -0.15) is 0 Å². The van der Waals surface area contributed by atoms with Gasteiger partial charge in [-0.1, -0.05) is 15.9 Å². The molecule has 0 spiro atoms. The Hall–Kier alpha value is -1.27. The molecule has 1 rings (SSSR count). The molecule has 1 aromatic carbocycles. The third kappa shape index (κ3) is 6.82. The molecule has 0 aliphatic rings. The molecular weight excluding hydrogens is 334 g/mol. The predicted octanol–water partition coefficient (Wildman–Crippen LogP) is 2.55. The van der Waals surface area contributed by atoms with Gasteiger partial charge in [-0.15, -0.1) is 0 Å². The molecule has 0 aromatic heterocycles. The second kappa shape index (κ2) is 10.5. The lowest BCUT2D eigenvalue weighted by Crippen LogP contribution is -2.37. The van der Waals surface area contributed by atoms with Crippen molar-refractivity contribution in [1.29, 1.82) is 0 Å². The van der Waals surface area contributed by atoms with Crippen LogP contribution in [0.5, 0.6) is 5.75 Å². The van der Waals surface area contributed by atoms with Crippen molar-refractivity contribution in [2.45, 2.75) is 19.9 Å². The van der Waals surface area contributed by atoms with Crippen LogP contribution in [0, 0.1) is 0 Å². The fraction of sp³-hybridized carbons (Fsp3) is 0.533. The van der Waals surface area contributed by atoms with Crippen LogP contribution in [0.2, 0.25) is 0 Å². The maximum atomic E-state index is 5.35. The average molecular weight is 358 g/mol. The Labute approximate surface area is 135 Å². The molecule has 0 aliphatic carbocycles. The number of nitrogens with one attached hydrogen (secondary N) is 2. The van der Waals surface area contributed by atoms with E-state index in [1.165, 1.54) is 0 Å². The molecular formula is C15H24BrN3O2. The minimum Gasteiger partial charge on any atom is -0.496 e. The first-order chi connectivity index (χ1) is 10.2. The standard InChI is InChI=1S/C15H24BrN3O2/c1-4-21-9-5-8-18-15(17-2)19-11-12-10-13(16)6-7-14(12)20-3/h6-7,10H,4-5,8-9,11H2,1-3H3,(H2,17,18,19). The predicted molar refractivity (Wildman–Crippen MR) is 90.0 cm³/mol. The Morgan fingerprint density at radius 3 is 2.81 bits per heavy atom. The number of guanidine groups is 1. The first kappa shape index (κ1) is 17.8. The van der Waals surface area contributed by atoms with Crippen LogP contribution in [0.3, 0.4) is 0 Å². The number of rotatable bonds is 8. The summed E-state index contributed by atoms with van der Waals surface area (Å²) in [5, 5.41) is 6.53. The molecule has 5 nitrogen and oxygen atoms in total. The first-order valence-corrected chi connectivity index (χ1v) is 7.85. The number of hydrogen-bond acceptors (Lipinski definition) is 3. The van der Waals surface area contributed by atoms with Crippen LogP contribution >= 0.6 is 15.9 Å². The molecule has 1 aromatic rings. The highest BCUT2D eigenvalue weighted by Gasteiger charge is 2.05. The van der Waals surface area contributed by atoms with E-state index in [0.717, 1.165) is 47.9 Å². The topological polar surface area (TPSA) is 54.9 Å². The fourth-order valence-corrected chi connectivity index (χ4v) is 2.22. The van der Waals surface area contributed by atoms with Gasteiger partial charge in [-0.25, -0.2) is 0 Å². The molecule has 118 valence electrons. The van der Waals surface area contributed by atoms with Crippen LogP contribution in [0.15, 0.2) is 27.7 Å². The minimum atomic E-state index is 0.647. The fourth-order valence-electron chi connectivity index (χ4n) is 1.81. The highest BCUT2D eigenvalue weighted by molar-refractivity contribution is 9.10. The van der Waals surface area contributed by atoms with Crippen molar-refractivity contribution < 1.29 is 9.47 Å². The smallest absolute Gasteiger partial charge is 0.191 e. The summed E-state index contributed by atoms with van der Waals surface area (Å²) in [6, 6.07) is 5.94. The zero-order valence-electron chi connectivity index (χ0n) is 12.9. The number of aliphatic imine (C=N–C) groups is 1.